The largest absolute Gasteiger partial charge is 1.00 e. The fourth-order valence-electron chi connectivity index (χ4n) is 0.235. The van der Waals surface area contributed by atoms with Gasteiger partial charge >= 0.3 is 37.7 Å². The smallest absolute Gasteiger partial charge is 0.759 e. The molecule has 5 nitrogen and oxygen atoms in total. The standard InChI is InChI=1S/C6H10O.2Li.H2O4S/c1-3-5-7-6-4-2;;;1-5(2,3)4/h3-4H,1-2,5-6H2;;;(H2,1,2,3,4)/q;2*+1;/p-2. The van der Waals surface area contributed by atoms with Gasteiger partial charge in [0.1, 0.15) is 0 Å². The van der Waals surface area contributed by atoms with Gasteiger partial charge in [0, 0.05) is 10.4 Å². The Labute approximate surface area is 109 Å². The van der Waals surface area contributed by atoms with Crippen molar-refractivity contribution in [3.05, 3.63) is 25.3 Å². The second-order valence-corrected chi connectivity index (χ2v) is 2.34. The zero-order valence-electron chi connectivity index (χ0n) is 8.43. The molecule has 0 saturated heterocycles. The predicted molar refractivity (Wildman–Crippen MR) is 41.7 cm³/mol. The summed E-state index contributed by atoms with van der Waals surface area (Å²) in [5.74, 6) is 0. The van der Waals surface area contributed by atoms with Crippen molar-refractivity contribution in [2.45, 2.75) is 0 Å². The Morgan fingerprint density at radius 2 is 1.29 bits per heavy atom. The third-order valence-electron chi connectivity index (χ3n) is 0.471. The van der Waals surface area contributed by atoms with E-state index in [9.17, 15) is 0 Å². The van der Waals surface area contributed by atoms with Crippen molar-refractivity contribution in [3.63, 3.8) is 0 Å². The van der Waals surface area contributed by atoms with Gasteiger partial charge in [-0.3, -0.25) is 8.42 Å². The van der Waals surface area contributed by atoms with E-state index in [4.69, 9.17) is 22.3 Å². The van der Waals surface area contributed by atoms with Gasteiger partial charge in [0.2, 0.25) is 0 Å². The molecule has 0 spiro atoms. The van der Waals surface area contributed by atoms with E-state index in [0.29, 0.717) is 13.2 Å². The van der Waals surface area contributed by atoms with Crippen LogP contribution in [0.5, 0.6) is 0 Å². The van der Waals surface area contributed by atoms with Crippen molar-refractivity contribution >= 4 is 10.4 Å². The average Bonchev–Trinajstić information content (AvgIpc) is 1.85. The molecular weight excluding hydrogens is 198 g/mol. The molecular formula is C6H10Li2O5S. The zero-order chi connectivity index (χ0) is 10.0. The van der Waals surface area contributed by atoms with Crippen LogP contribution in [0, 0.1) is 0 Å². The van der Waals surface area contributed by atoms with Gasteiger partial charge in [-0.2, -0.15) is 0 Å². The summed E-state index contributed by atoms with van der Waals surface area (Å²) < 4.78 is 39.0. The van der Waals surface area contributed by atoms with Crippen molar-refractivity contribution in [1.82, 2.24) is 0 Å². The maximum absolute atomic E-state index is 8.52. The Morgan fingerprint density at radius 3 is 1.43 bits per heavy atom. The fourth-order valence-corrected chi connectivity index (χ4v) is 0.235. The molecule has 0 aliphatic heterocycles. The third-order valence-corrected chi connectivity index (χ3v) is 0.471. The number of rotatable bonds is 4. The molecule has 14 heavy (non-hydrogen) atoms. The first-order chi connectivity index (χ1) is 5.41. The average molecular weight is 208 g/mol. The first-order valence-corrected chi connectivity index (χ1v) is 4.21. The molecule has 0 saturated carbocycles. The Morgan fingerprint density at radius 1 is 1.07 bits per heavy atom. The summed E-state index contributed by atoms with van der Waals surface area (Å²) in [6.45, 7) is 8.18. The van der Waals surface area contributed by atoms with Gasteiger partial charge < -0.3 is 13.8 Å². The Kier molecular flexibility index (Phi) is 27.3. The second-order valence-electron chi connectivity index (χ2n) is 1.52. The first-order valence-electron chi connectivity index (χ1n) is 2.88. The number of hydrogen-bond donors (Lipinski definition) is 0. The molecule has 0 unspecified atom stereocenters. The Bertz CT molecular complexity index is 198. The number of ether oxygens (including phenoxy) is 1. The van der Waals surface area contributed by atoms with Crippen LogP contribution in [0.15, 0.2) is 25.3 Å². The van der Waals surface area contributed by atoms with Crippen molar-refractivity contribution < 1.29 is 60.0 Å². The summed E-state index contributed by atoms with van der Waals surface area (Å²) in [6.07, 6.45) is 3.42. The minimum atomic E-state index is -5.17. The Balaban J connectivity index is -0.0000000651. The number of hydrogen-bond acceptors (Lipinski definition) is 5. The molecule has 0 radical (unpaired) electrons. The van der Waals surface area contributed by atoms with Crippen LogP contribution in [0.1, 0.15) is 0 Å². The summed E-state index contributed by atoms with van der Waals surface area (Å²) in [7, 11) is -5.17. The zero-order valence-corrected chi connectivity index (χ0v) is 9.25. The van der Waals surface area contributed by atoms with Crippen LogP contribution in [0.25, 0.3) is 0 Å². The molecule has 0 aromatic heterocycles. The third kappa shape index (κ3) is 81.6. The normalized spacial score (nSPS) is 8.14. The quantitative estimate of drug-likeness (QED) is 0.151. The van der Waals surface area contributed by atoms with E-state index in [0.717, 1.165) is 0 Å². The van der Waals surface area contributed by atoms with E-state index < -0.39 is 10.4 Å². The second kappa shape index (κ2) is 16.0. The van der Waals surface area contributed by atoms with Crippen LogP contribution >= 0.6 is 0 Å². The van der Waals surface area contributed by atoms with Crippen LogP contribution in [0.3, 0.4) is 0 Å². The molecule has 0 aliphatic carbocycles. The van der Waals surface area contributed by atoms with Crippen molar-refractivity contribution in [1.29, 1.82) is 0 Å². The summed E-state index contributed by atoms with van der Waals surface area (Å²) >= 11 is 0. The summed E-state index contributed by atoms with van der Waals surface area (Å²) in [6, 6.07) is 0. The van der Waals surface area contributed by atoms with Crippen molar-refractivity contribution in [2.75, 3.05) is 13.2 Å². The van der Waals surface area contributed by atoms with Gasteiger partial charge in [0.05, 0.1) is 13.2 Å². The molecule has 0 aromatic rings. The molecule has 0 bridgehead atoms. The van der Waals surface area contributed by atoms with Gasteiger partial charge in [-0.15, -0.1) is 13.2 Å². The summed E-state index contributed by atoms with van der Waals surface area (Å²) in [5, 5.41) is 0. The minimum Gasteiger partial charge on any atom is -0.759 e. The van der Waals surface area contributed by atoms with Gasteiger partial charge in [0.15, 0.2) is 0 Å². The molecule has 0 heterocycles. The van der Waals surface area contributed by atoms with Crippen molar-refractivity contribution in [3.8, 4) is 0 Å². The predicted octanol–water partition coefficient (Wildman–Crippen LogP) is -5.95. The summed E-state index contributed by atoms with van der Waals surface area (Å²) in [4.78, 5) is 0. The van der Waals surface area contributed by atoms with Crippen LogP contribution in [-0.2, 0) is 15.1 Å². The molecule has 0 rings (SSSR count). The molecule has 0 atom stereocenters. The van der Waals surface area contributed by atoms with Crippen LogP contribution in [0.4, 0.5) is 0 Å². The topological polar surface area (TPSA) is 89.5 Å². The molecule has 8 heteroatoms. The summed E-state index contributed by atoms with van der Waals surface area (Å²) in [5.41, 5.74) is 0. The molecule has 0 N–H and O–H groups in total. The maximum Gasteiger partial charge on any atom is 1.00 e. The van der Waals surface area contributed by atoms with Crippen LogP contribution in [0.2, 0.25) is 0 Å². The minimum absolute atomic E-state index is 0. The van der Waals surface area contributed by atoms with Gasteiger partial charge in [-0.1, -0.05) is 12.2 Å². The maximum atomic E-state index is 8.52. The van der Waals surface area contributed by atoms with Crippen LogP contribution < -0.4 is 37.7 Å². The molecule has 0 aromatic carbocycles. The van der Waals surface area contributed by atoms with Gasteiger partial charge in [-0.25, -0.2) is 0 Å². The Hall–Kier alpha value is 0.505. The molecule has 0 aliphatic rings. The van der Waals surface area contributed by atoms with Gasteiger partial charge in [-0.05, 0) is 0 Å². The molecule has 0 amide bonds. The van der Waals surface area contributed by atoms with E-state index in [1.807, 2.05) is 0 Å². The van der Waals surface area contributed by atoms with E-state index in [1.165, 1.54) is 0 Å². The van der Waals surface area contributed by atoms with E-state index in [1.54, 1.807) is 12.2 Å². The van der Waals surface area contributed by atoms with E-state index >= 15 is 0 Å². The van der Waals surface area contributed by atoms with E-state index in [-0.39, 0.29) is 37.7 Å². The monoisotopic (exact) mass is 208 g/mol. The van der Waals surface area contributed by atoms with Crippen LogP contribution in [-0.4, -0.2) is 30.7 Å². The molecule has 0 fully saturated rings. The SMILES string of the molecule is C=CCOCC=C.O=S(=O)([O-])[O-].[Li+].[Li+]. The van der Waals surface area contributed by atoms with E-state index in [2.05, 4.69) is 13.2 Å². The molecule has 72 valence electrons. The fraction of sp³-hybridized carbons (Fsp3) is 0.333. The van der Waals surface area contributed by atoms with Gasteiger partial charge in [0.25, 0.3) is 0 Å². The van der Waals surface area contributed by atoms with Crippen molar-refractivity contribution in [2.24, 2.45) is 0 Å². The first kappa shape index (κ1) is 24.0.